The largest absolute Gasteiger partial charge is 0.506 e. The Morgan fingerprint density at radius 3 is 2.57 bits per heavy atom. The zero-order chi connectivity index (χ0) is 21.7. The molecule has 30 heavy (non-hydrogen) atoms. The molecule has 0 aliphatic heterocycles. The van der Waals surface area contributed by atoms with Crippen LogP contribution in [0.4, 0.5) is 0 Å². The van der Waals surface area contributed by atoms with E-state index in [9.17, 15) is 20.0 Å². The number of rotatable bonds is 7. The monoisotopic (exact) mass is 406 g/mol. The number of nitriles is 1. The highest BCUT2D eigenvalue weighted by molar-refractivity contribution is 6.07. The summed E-state index contributed by atoms with van der Waals surface area (Å²) in [6, 6.07) is 12.6. The molecule has 0 aliphatic carbocycles. The minimum atomic E-state index is -1.23. The van der Waals surface area contributed by atoms with Gasteiger partial charge in [-0.25, -0.2) is 9.88 Å². The lowest BCUT2D eigenvalue weighted by molar-refractivity contribution is -0.138. The van der Waals surface area contributed by atoms with E-state index < -0.39 is 17.9 Å². The van der Waals surface area contributed by atoms with Crippen LogP contribution >= 0.6 is 0 Å². The number of amides is 1. The van der Waals surface area contributed by atoms with Crippen LogP contribution < -0.4 is 10.5 Å². The summed E-state index contributed by atoms with van der Waals surface area (Å²) in [6.45, 7) is -0.187. The summed E-state index contributed by atoms with van der Waals surface area (Å²) in [5.41, 5.74) is 5.37. The van der Waals surface area contributed by atoms with Crippen molar-refractivity contribution in [3.05, 3.63) is 60.4 Å². The normalized spacial score (nSPS) is 11.5. The predicted molar refractivity (Wildman–Crippen MR) is 107 cm³/mol. The van der Waals surface area contributed by atoms with E-state index in [-0.39, 0.29) is 29.8 Å². The van der Waals surface area contributed by atoms with E-state index in [0.717, 1.165) is 11.1 Å². The predicted octanol–water partition coefficient (Wildman–Crippen LogP) is 2.46. The third kappa shape index (κ3) is 4.45. The van der Waals surface area contributed by atoms with Crippen LogP contribution in [0.1, 0.15) is 16.9 Å². The Balaban J connectivity index is 1.94. The Hall–Kier alpha value is -4.16. The molecule has 1 amide bonds. The molecule has 1 heterocycles. The smallest absolute Gasteiger partial charge is 0.320 e. The average molecular weight is 406 g/mol. The molecule has 4 N–H and O–H groups in total. The van der Waals surface area contributed by atoms with Crippen molar-refractivity contribution in [1.82, 2.24) is 9.88 Å². The molecule has 9 heteroatoms. The zero-order valence-electron chi connectivity index (χ0n) is 15.7. The SMILES string of the molecule is N#CN(CC[C@@H](N)C(=O)O)C(=O)c1ncc(O)c2ccc(Oc3ccccc3)cc12. The van der Waals surface area contributed by atoms with E-state index in [4.69, 9.17) is 15.6 Å². The Kier molecular flexibility index (Phi) is 6.10. The van der Waals surface area contributed by atoms with Crippen LogP contribution in [0, 0.1) is 11.5 Å². The highest BCUT2D eigenvalue weighted by Gasteiger charge is 2.23. The number of aliphatic carboxylic acids is 1. The fraction of sp³-hybridized carbons (Fsp3) is 0.143. The van der Waals surface area contributed by atoms with Gasteiger partial charge in [0.2, 0.25) is 0 Å². The summed E-state index contributed by atoms with van der Waals surface area (Å²) >= 11 is 0. The van der Waals surface area contributed by atoms with Crippen LogP contribution in [-0.2, 0) is 4.79 Å². The van der Waals surface area contributed by atoms with E-state index in [1.54, 1.807) is 36.5 Å². The van der Waals surface area contributed by atoms with Gasteiger partial charge >= 0.3 is 5.97 Å². The van der Waals surface area contributed by atoms with Crippen LogP contribution in [0.5, 0.6) is 17.2 Å². The number of ether oxygens (including phenoxy) is 1. The summed E-state index contributed by atoms with van der Waals surface area (Å²) < 4.78 is 5.77. The highest BCUT2D eigenvalue weighted by Crippen LogP contribution is 2.31. The molecule has 0 spiro atoms. The first-order valence-corrected chi connectivity index (χ1v) is 8.95. The lowest BCUT2D eigenvalue weighted by Gasteiger charge is -2.16. The zero-order valence-corrected chi connectivity index (χ0v) is 15.7. The van der Waals surface area contributed by atoms with Crippen LogP contribution in [0.2, 0.25) is 0 Å². The van der Waals surface area contributed by atoms with Gasteiger partial charge in [-0.2, -0.15) is 5.26 Å². The number of carbonyl (C=O) groups excluding carboxylic acids is 1. The van der Waals surface area contributed by atoms with Gasteiger partial charge in [0.15, 0.2) is 6.19 Å². The maximum absolute atomic E-state index is 12.9. The molecule has 2 aromatic carbocycles. The van der Waals surface area contributed by atoms with E-state index in [0.29, 0.717) is 16.9 Å². The maximum Gasteiger partial charge on any atom is 0.320 e. The van der Waals surface area contributed by atoms with Gasteiger partial charge in [-0.05, 0) is 36.8 Å². The summed E-state index contributed by atoms with van der Waals surface area (Å²) in [6.07, 6.45) is 2.74. The lowest BCUT2D eigenvalue weighted by atomic mass is 10.1. The van der Waals surface area contributed by atoms with E-state index in [1.807, 2.05) is 18.2 Å². The number of carboxylic acid groups (broad SMARTS) is 1. The second-order valence-corrected chi connectivity index (χ2v) is 6.40. The summed E-state index contributed by atoms with van der Waals surface area (Å²) in [5.74, 6) is -1.11. The molecule has 0 saturated heterocycles. The van der Waals surface area contributed by atoms with Crippen molar-refractivity contribution in [2.75, 3.05) is 6.54 Å². The quantitative estimate of drug-likeness (QED) is 0.400. The molecule has 1 aromatic heterocycles. The molecule has 0 unspecified atom stereocenters. The van der Waals surface area contributed by atoms with Crippen LogP contribution in [0.25, 0.3) is 10.8 Å². The molecule has 3 rings (SSSR count). The van der Waals surface area contributed by atoms with Crippen LogP contribution in [0.3, 0.4) is 0 Å². The Morgan fingerprint density at radius 1 is 1.17 bits per heavy atom. The van der Waals surface area contributed by atoms with E-state index in [2.05, 4.69) is 4.98 Å². The van der Waals surface area contributed by atoms with Gasteiger partial charge in [-0.3, -0.25) is 9.59 Å². The number of nitrogens with zero attached hydrogens (tertiary/aromatic N) is 3. The number of aromatic hydroxyl groups is 1. The number of carbonyl (C=O) groups is 2. The summed E-state index contributed by atoms with van der Waals surface area (Å²) in [7, 11) is 0. The van der Waals surface area contributed by atoms with Crippen molar-refractivity contribution in [3.63, 3.8) is 0 Å². The molecule has 152 valence electrons. The Morgan fingerprint density at radius 2 is 1.90 bits per heavy atom. The van der Waals surface area contributed by atoms with Crippen molar-refractivity contribution >= 4 is 22.6 Å². The molecule has 3 aromatic rings. The fourth-order valence-electron chi connectivity index (χ4n) is 2.78. The summed E-state index contributed by atoms with van der Waals surface area (Å²) in [5, 5.41) is 29.0. The van der Waals surface area contributed by atoms with E-state index in [1.165, 1.54) is 0 Å². The molecular formula is C21H18N4O5. The van der Waals surface area contributed by atoms with Gasteiger partial charge < -0.3 is 20.7 Å². The number of nitrogens with two attached hydrogens (primary N) is 1. The fourth-order valence-corrected chi connectivity index (χ4v) is 2.78. The van der Waals surface area contributed by atoms with Gasteiger partial charge in [0.25, 0.3) is 5.91 Å². The Labute approximate surface area is 171 Å². The minimum Gasteiger partial charge on any atom is -0.506 e. The molecule has 0 aliphatic rings. The molecule has 0 fully saturated rings. The molecule has 0 radical (unpaired) electrons. The van der Waals surface area contributed by atoms with Crippen molar-refractivity contribution in [3.8, 4) is 23.4 Å². The molecule has 9 nitrogen and oxygen atoms in total. The van der Waals surface area contributed by atoms with Gasteiger partial charge in [-0.1, -0.05) is 18.2 Å². The van der Waals surface area contributed by atoms with Crippen molar-refractivity contribution in [2.45, 2.75) is 12.5 Å². The molecule has 0 saturated carbocycles. The van der Waals surface area contributed by atoms with Crippen LogP contribution in [0.15, 0.2) is 54.7 Å². The first-order valence-electron chi connectivity index (χ1n) is 8.95. The second kappa shape index (κ2) is 8.89. The van der Waals surface area contributed by atoms with Gasteiger partial charge in [0.1, 0.15) is 29.0 Å². The average Bonchev–Trinajstić information content (AvgIpc) is 2.74. The first kappa shape index (κ1) is 20.6. The third-order valence-corrected chi connectivity index (χ3v) is 4.37. The summed E-state index contributed by atoms with van der Waals surface area (Å²) in [4.78, 5) is 28.5. The molecular weight excluding hydrogens is 388 g/mol. The maximum atomic E-state index is 12.9. The number of pyridine rings is 1. The highest BCUT2D eigenvalue weighted by atomic mass is 16.5. The third-order valence-electron chi connectivity index (χ3n) is 4.37. The topological polar surface area (TPSA) is 150 Å². The van der Waals surface area contributed by atoms with Gasteiger partial charge in [0.05, 0.1) is 6.20 Å². The van der Waals surface area contributed by atoms with E-state index >= 15 is 0 Å². The Bertz CT molecular complexity index is 1130. The first-order chi connectivity index (χ1) is 14.4. The number of fused-ring (bicyclic) bond motifs is 1. The molecule has 1 atom stereocenters. The van der Waals surface area contributed by atoms with Gasteiger partial charge in [0, 0.05) is 17.3 Å². The number of hydrogen-bond acceptors (Lipinski definition) is 7. The standard InChI is InChI=1S/C21H18N4O5/c22-12-25(9-8-17(23)21(28)29)20(27)19-16-10-14(30-13-4-2-1-3-5-13)6-7-15(16)18(26)11-24-19/h1-7,10-11,17,26H,8-9,23H2,(H,28,29)/t17-/m1/s1. The van der Waals surface area contributed by atoms with Crippen molar-refractivity contribution in [2.24, 2.45) is 5.73 Å². The lowest BCUT2D eigenvalue weighted by Crippen LogP contribution is -2.36. The van der Waals surface area contributed by atoms with Gasteiger partial charge in [-0.15, -0.1) is 0 Å². The van der Waals surface area contributed by atoms with Crippen LogP contribution in [-0.4, -0.2) is 44.6 Å². The second-order valence-electron chi connectivity index (χ2n) is 6.40. The number of aromatic nitrogens is 1. The molecule has 0 bridgehead atoms. The number of benzene rings is 2. The number of carboxylic acids is 1. The minimum absolute atomic E-state index is 0.0771. The number of hydrogen-bond donors (Lipinski definition) is 3. The van der Waals surface area contributed by atoms with Crippen molar-refractivity contribution in [1.29, 1.82) is 5.26 Å². The number of para-hydroxylation sites is 1. The van der Waals surface area contributed by atoms with Crippen molar-refractivity contribution < 1.29 is 24.5 Å².